The molecular formula is C15H16BrN5. The molecule has 3 aromatic heterocycles. The van der Waals surface area contributed by atoms with Gasteiger partial charge in [0.15, 0.2) is 5.82 Å². The van der Waals surface area contributed by atoms with Gasteiger partial charge in [0, 0.05) is 30.3 Å². The normalized spacial score (nSPS) is 12.5. The van der Waals surface area contributed by atoms with Gasteiger partial charge in [0.25, 0.3) is 0 Å². The molecule has 0 bridgehead atoms. The summed E-state index contributed by atoms with van der Waals surface area (Å²) >= 11 is 3.51. The number of nitrogens with one attached hydrogen (secondary N) is 1. The zero-order valence-electron chi connectivity index (χ0n) is 11.7. The van der Waals surface area contributed by atoms with Crippen molar-refractivity contribution in [2.75, 3.05) is 5.32 Å². The maximum Gasteiger partial charge on any atom is 0.153 e. The molecule has 108 valence electrons. The summed E-state index contributed by atoms with van der Waals surface area (Å²) in [6.07, 6.45) is 9.13. The van der Waals surface area contributed by atoms with E-state index < -0.39 is 0 Å². The average Bonchev–Trinajstić information content (AvgIpc) is 2.89. The second-order valence-corrected chi connectivity index (χ2v) is 5.82. The van der Waals surface area contributed by atoms with Crippen molar-refractivity contribution in [3.05, 3.63) is 53.2 Å². The first-order valence-electron chi connectivity index (χ1n) is 6.88. The molecule has 0 spiro atoms. The Kier molecular flexibility index (Phi) is 4.15. The first-order valence-corrected chi connectivity index (χ1v) is 7.67. The molecule has 3 heterocycles. The molecule has 0 radical (unpaired) electrons. The number of nitrogens with zero attached hydrogens (tertiary/aromatic N) is 4. The largest absolute Gasteiger partial charge is 0.366 e. The summed E-state index contributed by atoms with van der Waals surface area (Å²) in [5.74, 6) is 0.843. The zero-order chi connectivity index (χ0) is 14.7. The summed E-state index contributed by atoms with van der Waals surface area (Å²) in [5.41, 5.74) is 2.07. The topological polar surface area (TPSA) is 55.1 Å². The lowest BCUT2D eigenvalue weighted by Crippen LogP contribution is -2.17. The van der Waals surface area contributed by atoms with Crippen LogP contribution in [0.25, 0.3) is 5.52 Å². The number of aromatic nitrogens is 4. The summed E-state index contributed by atoms with van der Waals surface area (Å²) in [5, 5.41) is 7.71. The van der Waals surface area contributed by atoms with Gasteiger partial charge in [0.1, 0.15) is 5.52 Å². The highest BCUT2D eigenvalue weighted by Gasteiger charge is 2.11. The minimum absolute atomic E-state index is 0.299. The van der Waals surface area contributed by atoms with Gasteiger partial charge in [0.05, 0.1) is 10.7 Å². The number of hydrogen-bond donors (Lipinski definition) is 1. The average molecular weight is 346 g/mol. The molecule has 3 rings (SSSR count). The molecule has 0 aliphatic rings. The maximum atomic E-state index is 4.42. The smallest absolute Gasteiger partial charge is 0.153 e. The molecule has 0 aliphatic carbocycles. The van der Waals surface area contributed by atoms with E-state index >= 15 is 0 Å². The van der Waals surface area contributed by atoms with E-state index in [0.29, 0.717) is 6.04 Å². The van der Waals surface area contributed by atoms with Crippen LogP contribution in [0, 0.1) is 0 Å². The highest BCUT2D eigenvalue weighted by atomic mass is 79.9. The number of hydrogen-bond acceptors (Lipinski definition) is 4. The molecule has 1 N–H and O–H groups in total. The van der Waals surface area contributed by atoms with Crippen LogP contribution in [0.1, 0.15) is 19.0 Å². The van der Waals surface area contributed by atoms with Gasteiger partial charge in [-0.2, -0.15) is 5.10 Å². The molecule has 1 unspecified atom stereocenters. The van der Waals surface area contributed by atoms with E-state index in [9.17, 15) is 0 Å². The third-order valence-electron chi connectivity index (χ3n) is 3.33. The fourth-order valence-electron chi connectivity index (χ4n) is 2.23. The van der Waals surface area contributed by atoms with Crippen molar-refractivity contribution >= 4 is 27.3 Å². The summed E-state index contributed by atoms with van der Waals surface area (Å²) in [6, 6.07) is 6.31. The molecule has 1 atom stereocenters. The van der Waals surface area contributed by atoms with Crippen molar-refractivity contribution in [3.8, 4) is 0 Å². The zero-order valence-corrected chi connectivity index (χ0v) is 13.3. The van der Waals surface area contributed by atoms with Gasteiger partial charge in [-0.1, -0.05) is 6.07 Å². The minimum Gasteiger partial charge on any atom is -0.366 e. The molecule has 0 fully saturated rings. The molecular weight excluding hydrogens is 330 g/mol. The SMILES string of the molecule is CC(CCc1ccccn1)Nc1nccn2ncc(Br)c12. The van der Waals surface area contributed by atoms with Gasteiger partial charge in [-0.15, -0.1) is 0 Å². The Hall–Kier alpha value is -1.95. The van der Waals surface area contributed by atoms with Crippen LogP contribution in [0.2, 0.25) is 0 Å². The third-order valence-corrected chi connectivity index (χ3v) is 3.91. The molecule has 0 amide bonds. The molecule has 0 saturated heterocycles. The predicted molar refractivity (Wildman–Crippen MR) is 86.3 cm³/mol. The van der Waals surface area contributed by atoms with E-state index in [1.165, 1.54) is 0 Å². The van der Waals surface area contributed by atoms with Crippen LogP contribution in [0.3, 0.4) is 0 Å². The van der Waals surface area contributed by atoms with Crippen molar-refractivity contribution in [1.29, 1.82) is 0 Å². The Morgan fingerprint density at radius 1 is 1.29 bits per heavy atom. The monoisotopic (exact) mass is 345 g/mol. The lowest BCUT2D eigenvalue weighted by atomic mass is 10.1. The Labute approximate surface area is 131 Å². The summed E-state index contributed by atoms with van der Waals surface area (Å²) in [7, 11) is 0. The molecule has 0 aliphatic heterocycles. The fourth-order valence-corrected chi connectivity index (χ4v) is 2.69. The summed E-state index contributed by atoms with van der Waals surface area (Å²) < 4.78 is 2.75. The molecule has 6 heteroatoms. The first kappa shape index (κ1) is 14.0. The number of fused-ring (bicyclic) bond motifs is 1. The van der Waals surface area contributed by atoms with Gasteiger partial charge < -0.3 is 5.32 Å². The fraction of sp³-hybridized carbons (Fsp3) is 0.267. The van der Waals surface area contributed by atoms with Crippen LogP contribution < -0.4 is 5.32 Å². The van der Waals surface area contributed by atoms with Crippen LogP contribution >= 0.6 is 15.9 Å². The van der Waals surface area contributed by atoms with Gasteiger partial charge in [0.2, 0.25) is 0 Å². The second kappa shape index (κ2) is 6.22. The van der Waals surface area contributed by atoms with Gasteiger partial charge in [-0.05, 0) is 47.8 Å². The van der Waals surface area contributed by atoms with Crippen LogP contribution in [-0.2, 0) is 6.42 Å². The van der Waals surface area contributed by atoms with E-state index in [2.05, 4.69) is 49.3 Å². The molecule has 0 aromatic carbocycles. The maximum absolute atomic E-state index is 4.42. The van der Waals surface area contributed by atoms with Crippen LogP contribution in [0.15, 0.2) is 47.5 Å². The van der Waals surface area contributed by atoms with Crippen LogP contribution in [-0.4, -0.2) is 25.6 Å². The molecule has 3 aromatic rings. The number of anilines is 1. The van der Waals surface area contributed by atoms with Gasteiger partial charge in [-0.3, -0.25) is 4.98 Å². The summed E-state index contributed by atoms with van der Waals surface area (Å²) in [6.45, 7) is 2.15. The van der Waals surface area contributed by atoms with E-state index in [-0.39, 0.29) is 0 Å². The molecule has 0 saturated carbocycles. The highest BCUT2D eigenvalue weighted by molar-refractivity contribution is 9.10. The van der Waals surface area contributed by atoms with Crippen molar-refractivity contribution < 1.29 is 0 Å². The number of pyridine rings is 1. The lowest BCUT2D eigenvalue weighted by Gasteiger charge is -2.15. The van der Waals surface area contributed by atoms with Crippen molar-refractivity contribution in [3.63, 3.8) is 0 Å². The van der Waals surface area contributed by atoms with E-state index in [0.717, 1.165) is 34.3 Å². The van der Waals surface area contributed by atoms with Crippen molar-refractivity contribution in [1.82, 2.24) is 19.6 Å². The quantitative estimate of drug-likeness (QED) is 0.770. The minimum atomic E-state index is 0.299. The Morgan fingerprint density at radius 2 is 2.19 bits per heavy atom. The van der Waals surface area contributed by atoms with Crippen molar-refractivity contribution in [2.24, 2.45) is 0 Å². The highest BCUT2D eigenvalue weighted by Crippen LogP contribution is 2.24. The Balaban J connectivity index is 1.69. The Morgan fingerprint density at radius 3 is 3.00 bits per heavy atom. The van der Waals surface area contributed by atoms with Crippen molar-refractivity contribution in [2.45, 2.75) is 25.8 Å². The van der Waals surface area contributed by atoms with Gasteiger partial charge >= 0.3 is 0 Å². The van der Waals surface area contributed by atoms with E-state index in [4.69, 9.17) is 0 Å². The number of aryl methyl sites for hydroxylation is 1. The number of rotatable bonds is 5. The predicted octanol–water partition coefficient (Wildman–Crippen LogP) is 3.32. The Bertz CT molecular complexity index is 725. The second-order valence-electron chi connectivity index (χ2n) is 4.97. The third kappa shape index (κ3) is 3.21. The van der Waals surface area contributed by atoms with Gasteiger partial charge in [-0.25, -0.2) is 9.50 Å². The lowest BCUT2D eigenvalue weighted by molar-refractivity contribution is 0.693. The molecule has 21 heavy (non-hydrogen) atoms. The number of halogens is 1. The van der Waals surface area contributed by atoms with E-state index in [1.54, 1.807) is 12.4 Å². The van der Waals surface area contributed by atoms with E-state index in [1.807, 2.05) is 29.0 Å². The van der Waals surface area contributed by atoms with Crippen LogP contribution in [0.4, 0.5) is 5.82 Å². The first-order chi connectivity index (χ1) is 10.2. The summed E-state index contributed by atoms with van der Waals surface area (Å²) in [4.78, 5) is 8.77. The molecule has 5 nitrogen and oxygen atoms in total. The van der Waals surface area contributed by atoms with Crippen LogP contribution in [0.5, 0.6) is 0 Å². The standard InChI is InChI=1S/C15H16BrN5/c1-11(5-6-12-4-2-3-7-17-12)20-15-14-13(16)10-19-21(14)9-8-18-15/h2-4,7-11H,5-6H2,1H3,(H,18,20).